The van der Waals surface area contributed by atoms with Gasteiger partial charge in [0.1, 0.15) is 0 Å². The van der Waals surface area contributed by atoms with E-state index < -0.39 is 0 Å². The molecule has 1 saturated heterocycles. The second-order valence-electron chi connectivity index (χ2n) is 7.59. The number of rotatable bonds is 3. The smallest absolute Gasteiger partial charge is 0.227 e. The Balaban J connectivity index is 1.74. The molecule has 1 atom stereocenters. The first-order valence-corrected chi connectivity index (χ1v) is 9.05. The average Bonchev–Trinajstić information content (AvgIpc) is 2.78. The zero-order chi connectivity index (χ0) is 16.3. The van der Waals surface area contributed by atoms with Crippen molar-refractivity contribution in [1.82, 2.24) is 5.32 Å². The Hall–Kier alpha value is -1.35. The Bertz CT molecular complexity index is 546. The first-order chi connectivity index (χ1) is 11.1. The first-order valence-electron chi connectivity index (χ1n) is 9.05. The van der Waals surface area contributed by atoms with Crippen molar-refractivity contribution in [3.05, 3.63) is 35.4 Å². The third-order valence-corrected chi connectivity index (χ3v) is 5.62. The minimum atomic E-state index is -0.165. The number of ether oxygens (including phenoxy) is 1. The summed E-state index contributed by atoms with van der Waals surface area (Å²) in [6.45, 7) is 5.97. The summed E-state index contributed by atoms with van der Waals surface area (Å²) in [6, 6.07) is 8.48. The third-order valence-electron chi connectivity index (χ3n) is 5.62. The largest absolute Gasteiger partial charge is 0.381 e. The molecule has 23 heavy (non-hydrogen) atoms. The van der Waals surface area contributed by atoms with Crippen LogP contribution in [-0.2, 0) is 16.0 Å². The van der Waals surface area contributed by atoms with Crippen LogP contribution in [0.15, 0.2) is 24.3 Å². The molecule has 1 amide bonds. The number of hydrogen-bond acceptors (Lipinski definition) is 2. The van der Waals surface area contributed by atoms with Crippen molar-refractivity contribution in [2.75, 3.05) is 13.2 Å². The fourth-order valence-corrected chi connectivity index (χ4v) is 4.12. The highest BCUT2D eigenvalue weighted by Gasteiger charge is 2.35. The molecular formula is C20H29NO2. The standard InChI is InChI=1S/C20H29NO2/c1-20(2,16-11-13-23-14-12-16)21-19(22)18-10-6-4-8-15-7-3-5-9-17(15)18/h3,5,7,9,16,18H,4,6,8,10-14H2,1-2H3,(H,21,22). The number of hydrogen-bond donors (Lipinski definition) is 1. The molecule has 3 nitrogen and oxygen atoms in total. The van der Waals surface area contributed by atoms with Crippen LogP contribution < -0.4 is 5.32 Å². The maximum absolute atomic E-state index is 13.0. The number of nitrogens with one attached hydrogen (secondary N) is 1. The van der Waals surface area contributed by atoms with Crippen LogP contribution in [-0.4, -0.2) is 24.7 Å². The van der Waals surface area contributed by atoms with E-state index in [1.807, 2.05) is 0 Å². The average molecular weight is 315 g/mol. The molecule has 1 fully saturated rings. The van der Waals surface area contributed by atoms with E-state index in [-0.39, 0.29) is 17.4 Å². The second kappa shape index (κ2) is 7.04. The molecule has 0 spiro atoms. The lowest BCUT2D eigenvalue weighted by Crippen LogP contribution is -2.52. The molecule has 1 N–H and O–H groups in total. The van der Waals surface area contributed by atoms with Crippen LogP contribution in [0.3, 0.4) is 0 Å². The van der Waals surface area contributed by atoms with Gasteiger partial charge in [-0.25, -0.2) is 0 Å². The molecule has 1 aromatic rings. The van der Waals surface area contributed by atoms with E-state index in [2.05, 4.69) is 43.4 Å². The fraction of sp³-hybridized carbons (Fsp3) is 0.650. The summed E-state index contributed by atoms with van der Waals surface area (Å²) >= 11 is 0. The number of carbonyl (C=O) groups excluding carboxylic acids is 1. The van der Waals surface area contributed by atoms with Crippen LogP contribution in [0.5, 0.6) is 0 Å². The topological polar surface area (TPSA) is 38.3 Å². The van der Waals surface area contributed by atoms with E-state index in [0.29, 0.717) is 5.92 Å². The van der Waals surface area contributed by atoms with Crippen LogP contribution in [0.1, 0.15) is 63.0 Å². The van der Waals surface area contributed by atoms with Crippen molar-refractivity contribution < 1.29 is 9.53 Å². The minimum absolute atomic E-state index is 0.00724. The molecule has 1 aromatic carbocycles. The van der Waals surface area contributed by atoms with Crippen molar-refractivity contribution in [3.63, 3.8) is 0 Å². The van der Waals surface area contributed by atoms with Crippen molar-refractivity contribution in [2.24, 2.45) is 5.92 Å². The monoisotopic (exact) mass is 315 g/mol. The van der Waals surface area contributed by atoms with Gasteiger partial charge in [-0.15, -0.1) is 0 Å². The summed E-state index contributed by atoms with van der Waals surface area (Å²) in [5, 5.41) is 3.37. The molecule has 1 aliphatic carbocycles. The van der Waals surface area contributed by atoms with E-state index in [9.17, 15) is 4.79 Å². The molecule has 3 rings (SSSR count). The quantitative estimate of drug-likeness (QED) is 0.861. The van der Waals surface area contributed by atoms with Gasteiger partial charge < -0.3 is 10.1 Å². The number of aryl methyl sites for hydroxylation is 1. The molecule has 1 aliphatic heterocycles. The Morgan fingerprint density at radius 2 is 1.87 bits per heavy atom. The molecule has 0 aromatic heterocycles. The lowest BCUT2D eigenvalue weighted by atomic mass is 9.81. The molecule has 126 valence electrons. The SMILES string of the molecule is CC(C)(NC(=O)C1CCCCc2ccccc21)C1CCOCC1. The maximum atomic E-state index is 13.0. The molecule has 1 heterocycles. The van der Waals surface area contributed by atoms with Crippen molar-refractivity contribution in [1.29, 1.82) is 0 Å². The van der Waals surface area contributed by atoms with Gasteiger partial charge in [-0.2, -0.15) is 0 Å². The number of fused-ring (bicyclic) bond motifs is 1. The Morgan fingerprint density at radius 1 is 1.13 bits per heavy atom. The fourth-order valence-electron chi connectivity index (χ4n) is 4.12. The highest BCUT2D eigenvalue weighted by molar-refractivity contribution is 5.84. The normalized spacial score (nSPS) is 23.0. The maximum Gasteiger partial charge on any atom is 0.227 e. The van der Waals surface area contributed by atoms with Gasteiger partial charge in [-0.05, 0) is 63.0 Å². The van der Waals surface area contributed by atoms with Crippen LogP contribution in [0.4, 0.5) is 0 Å². The lowest BCUT2D eigenvalue weighted by Gasteiger charge is -2.38. The predicted octanol–water partition coefficient (Wildman–Crippen LogP) is 3.82. The predicted molar refractivity (Wildman–Crippen MR) is 92.5 cm³/mol. The van der Waals surface area contributed by atoms with E-state index in [1.165, 1.54) is 17.5 Å². The number of carbonyl (C=O) groups is 1. The van der Waals surface area contributed by atoms with Crippen LogP contribution >= 0.6 is 0 Å². The lowest BCUT2D eigenvalue weighted by molar-refractivity contribution is -0.125. The summed E-state index contributed by atoms with van der Waals surface area (Å²) in [6.07, 6.45) is 6.45. The van der Waals surface area contributed by atoms with Crippen LogP contribution in [0, 0.1) is 5.92 Å². The van der Waals surface area contributed by atoms with E-state index >= 15 is 0 Å². The van der Waals surface area contributed by atoms with Crippen molar-refractivity contribution in [2.45, 2.75) is 63.8 Å². The Kier molecular flexibility index (Phi) is 5.05. The zero-order valence-corrected chi connectivity index (χ0v) is 14.4. The molecule has 0 saturated carbocycles. The van der Waals surface area contributed by atoms with E-state index in [0.717, 1.165) is 45.3 Å². The highest BCUT2D eigenvalue weighted by atomic mass is 16.5. The molecule has 0 radical (unpaired) electrons. The summed E-state index contributed by atoms with van der Waals surface area (Å²) in [7, 11) is 0. The summed E-state index contributed by atoms with van der Waals surface area (Å²) in [5.41, 5.74) is 2.43. The summed E-state index contributed by atoms with van der Waals surface area (Å²) in [4.78, 5) is 13.0. The van der Waals surface area contributed by atoms with Gasteiger partial charge in [0.2, 0.25) is 5.91 Å². The second-order valence-corrected chi connectivity index (χ2v) is 7.59. The third kappa shape index (κ3) is 3.77. The van der Waals surface area contributed by atoms with Crippen molar-refractivity contribution >= 4 is 5.91 Å². The summed E-state index contributed by atoms with van der Waals surface area (Å²) in [5.74, 6) is 0.713. The number of benzene rings is 1. The highest BCUT2D eigenvalue weighted by Crippen LogP contribution is 2.33. The molecular weight excluding hydrogens is 286 g/mol. The molecule has 2 aliphatic rings. The molecule has 3 heteroatoms. The van der Waals surface area contributed by atoms with Crippen LogP contribution in [0.25, 0.3) is 0 Å². The van der Waals surface area contributed by atoms with Gasteiger partial charge in [0.15, 0.2) is 0 Å². The zero-order valence-electron chi connectivity index (χ0n) is 14.4. The first kappa shape index (κ1) is 16.5. The summed E-state index contributed by atoms with van der Waals surface area (Å²) < 4.78 is 5.47. The van der Waals surface area contributed by atoms with Gasteiger partial charge in [0.25, 0.3) is 0 Å². The Morgan fingerprint density at radius 3 is 2.65 bits per heavy atom. The van der Waals surface area contributed by atoms with E-state index in [4.69, 9.17) is 4.74 Å². The van der Waals surface area contributed by atoms with Gasteiger partial charge in [0.05, 0.1) is 5.92 Å². The van der Waals surface area contributed by atoms with E-state index in [1.54, 1.807) is 0 Å². The van der Waals surface area contributed by atoms with Crippen molar-refractivity contribution in [3.8, 4) is 0 Å². The van der Waals surface area contributed by atoms with Gasteiger partial charge in [0, 0.05) is 18.8 Å². The van der Waals surface area contributed by atoms with Gasteiger partial charge in [-0.1, -0.05) is 30.7 Å². The minimum Gasteiger partial charge on any atom is -0.381 e. The van der Waals surface area contributed by atoms with Gasteiger partial charge >= 0.3 is 0 Å². The molecule has 1 unspecified atom stereocenters. The van der Waals surface area contributed by atoms with Crippen LogP contribution in [0.2, 0.25) is 0 Å². The number of amides is 1. The molecule has 0 bridgehead atoms. The van der Waals surface area contributed by atoms with Gasteiger partial charge in [-0.3, -0.25) is 4.79 Å². The Labute approximate surface area is 139 Å².